The molecule has 232 valence electrons. The van der Waals surface area contributed by atoms with E-state index in [0.29, 0.717) is 0 Å². The van der Waals surface area contributed by atoms with Gasteiger partial charge in [0.1, 0.15) is 0 Å². The third-order valence-corrected chi connectivity index (χ3v) is 9.22. The van der Waals surface area contributed by atoms with E-state index in [1.165, 1.54) is 55.6 Å². The first kappa shape index (κ1) is 29.9. The van der Waals surface area contributed by atoms with Crippen molar-refractivity contribution in [3.05, 3.63) is 200 Å². The van der Waals surface area contributed by atoms with Crippen molar-refractivity contribution in [2.24, 2.45) is 0 Å². The fourth-order valence-electron chi connectivity index (χ4n) is 6.57. The lowest BCUT2D eigenvalue weighted by Gasteiger charge is -2.12. The van der Waals surface area contributed by atoms with Crippen LogP contribution in [0.5, 0.6) is 0 Å². The van der Waals surface area contributed by atoms with Crippen LogP contribution in [0.25, 0.3) is 77.9 Å². The van der Waals surface area contributed by atoms with Gasteiger partial charge in [-0.25, -0.2) is 0 Å². The SMILES string of the molecule is Nc1cc(-c2ccc(-c3cccc(-c4ccc(-c5ccccc5)cc4)c3)cc2)cc(-c2cccc(-c3ccc(-c4ccccc4)cc3)c2)c1. The van der Waals surface area contributed by atoms with E-state index in [-0.39, 0.29) is 0 Å². The molecule has 0 bridgehead atoms. The Bertz CT molecular complexity index is 2340. The van der Waals surface area contributed by atoms with Crippen molar-refractivity contribution in [2.75, 3.05) is 5.73 Å². The van der Waals surface area contributed by atoms with Crippen LogP contribution in [0.3, 0.4) is 0 Å². The van der Waals surface area contributed by atoms with E-state index in [1.807, 2.05) is 6.07 Å². The maximum absolute atomic E-state index is 6.49. The first-order valence-electron chi connectivity index (χ1n) is 16.7. The number of benzene rings is 8. The molecule has 0 aliphatic carbocycles. The topological polar surface area (TPSA) is 26.0 Å². The molecule has 0 aliphatic rings. The number of nitrogen functional groups attached to an aromatic ring is 1. The average Bonchev–Trinajstić information content (AvgIpc) is 3.19. The summed E-state index contributed by atoms with van der Waals surface area (Å²) < 4.78 is 0. The van der Waals surface area contributed by atoms with E-state index < -0.39 is 0 Å². The largest absolute Gasteiger partial charge is 0.399 e. The number of hydrogen-bond donors (Lipinski definition) is 1. The summed E-state index contributed by atoms with van der Waals surface area (Å²) in [5, 5.41) is 0. The van der Waals surface area contributed by atoms with Crippen LogP contribution in [-0.2, 0) is 0 Å². The molecule has 0 spiro atoms. The van der Waals surface area contributed by atoms with Crippen LogP contribution in [0.4, 0.5) is 5.69 Å². The van der Waals surface area contributed by atoms with Crippen LogP contribution in [-0.4, -0.2) is 0 Å². The zero-order chi connectivity index (χ0) is 33.0. The maximum atomic E-state index is 6.49. The summed E-state index contributed by atoms with van der Waals surface area (Å²) in [5.74, 6) is 0. The molecule has 0 aliphatic heterocycles. The van der Waals surface area contributed by atoms with Crippen LogP contribution in [0, 0.1) is 0 Å². The van der Waals surface area contributed by atoms with Crippen LogP contribution in [0.15, 0.2) is 200 Å². The van der Waals surface area contributed by atoms with Crippen LogP contribution in [0.1, 0.15) is 0 Å². The zero-order valence-electron chi connectivity index (χ0n) is 27.1. The Morgan fingerprint density at radius 2 is 0.408 bits per heavy atom. The third-order valence-electron chi connectivity index (χ3n) is 9.22. The molecule has 8 aromatic carbocycles. The maximum Gasteiger partial charge on any atom is 0.0326 e. The lowest BCUT2D eigenvalue weighted by molar-refractivity contribution is 1.55. The Morgan fingerprint density at radius 1 is 0.184 bits per heavy atom. The van der Waals surface area contributed by atoms with Crippen LogP contribution in [0.2, 0.25) is 0 Å². The van der Waals surface area contributed by atoms with Gasteiger partial charge in [-0.2, -0.15) is 0 Å². The lowest BCUT2D eigenvalue weighted by atomic mass is 9.94. The van der Waals surface area contributed by atoms with E-state index in [0.717, 1.165) is 27.9 Å². The fraction of sp³-hybridized carbons (Fsp3) is 0. The molecule has 0 heterocycles. The van der Waals surface area contributed by atoms with E-state index in [9.17, 15) is 0 Å². The van der Waals surface area contributed by atoms with Gasteiger partial charge >= 0.3 is 0 Å². The van der Waals surface area contributed by atoms with E-state index in [4.69, 9.17) is 5.73 Å². The molecule has 1 heteroatoms. The molecule has 0 atom stereocenters. The Hall–Kier alpha value is -6.44. The Kier molecular flexibility index (Phi) is 8.16. The Labute approximate surface area is 288 Å². The summed E-state index contributed by atoms with van der Waals surface area (Å²) in [5.41, 5.74) is 23.8. The van der Waals surface area contributed by atoms with Crippen molar-refractivity contribution < 1.29 is 0 Å². The molecule has 0 saturated carbocycles. The molecule has 0 aromatic heterocycles. The minimum Gasteiger partial charge on any atom is -0.399 e. The highest BCUT2D eigenvalue weighted by Gasteiger charge is 2.09. The highest BCUT2D eigenvalue weighted by atomic mass is 14.5. The number of anilines is 1. The quantitative estimate of drug-likeness (QED) is 0.175. The molecule has 8 aromatic rings. The molecule has 0 saturated heterocycles. The summed E-state index contributed by atoms with van der Waals surface area (Å²) in [7, 11) is 0. The first-order chi connectivity index (χ1) is 24.2. The number of nitrogens with two attached hydrogens (primary N) is 1. The van der Waals surface area contributed by atoms with Gasteiger partial charge in [-0.15, -0.1) is 0 Å². The van der Waals surface area contributed by atoms with Crippen molar-refractivity contribution in [2.45, 2.75) is 0 Å². The highest BCUT2D eigenvalue weighted by Crippen LogP contribution is 2.34. The van der Waals surface area contributed by atoms with Gasteiger partial charge in [0.15, 0.2) is 0 Å². The molecule has 2 N–H and O–H groups in total. The van der Waals surface area contributed by atoms with Crippen molar-refractivity contribution in [1.82, 2.24) is 0 Å². The first-order valence-corrected chi connectivity index (χ1v) is 16.7. The van der Waals surface area contributed by atoms with Crippen molar-refractivity contribution >= 4 is 5.69 Å². The molecule has 1 nitrogen and oxygen atoms in total. The van der Waals surface area contributed by atoms with Gasteiger partial charge in [0.05, 0.1) is 0 Å². The second kappa shape index (κ2) is 13.4. The normalized spacial score (nSPS) is 10.9. The molecule has 0 radical (unpaired) electrons. The second-order valence-electron chi connectivity index (χ2n) is 12.5. The van der Waals surface area contributed by atoms with Gasteiger partial charge in [-0.3, -0.25) is 0 Å². The van der Waals surface area contributed by atoms with Gasteiger partial charge in [-0.1, -0.05) is 170 Å². The van der Waals surface area contributed by atoms with Gasteiger partial charge in [-0.05, 0) is 108 Å². The van der Waals surface area contributed by atoms with Crippen LogP contribution < -0.4 is 5.73 Å². The molecule has 0 fully saturated rings. The molecule has 0 amide bonds. The number of hydrogen-bond acceptors (Lipinski definition) is 1. The molecule has 49 heavy (non-hydrogen) atoms. The summed E-state index contributed by atoms with van der Waals surface area (Å²) in [6.07, 6.45) is 0. The minimum absolute atomic E-state index is 0.750. The number of rotatable bonds is 7. The Morgan fingerprint density at radius 3 is 0.776 bits per heavy atom. The predicted molar refractivity (Wildman–Crippen MR) is 209 cm³/mol. The lowest BCUT2D eigenvalue weighted by Crippen LogP contribution is -1.90. The van der Waals surface area contributed by atoms with E-state index >= 15 is 0 Å². The minimum atomic E-state index is 0.750. The smallest absolute Gasteiger partial charge is 0.0326 e. The standard InChI is InChI=1S/C48H35N/c49-48-32-46(31-47(33-48)45-16-8-15-44(30-45)39-23-19-37(20-24-39)35-11-5-2-6-12-35)41-27-25-40(26-28-41)43-14-7-13-42(29-43)38-21-17-36(18-22-38)34-9-3-1-4-10-34/h1-33H,49H2. The summed E-state index contributed by atoms with van der Waals surface area (Å²) in [4.78, 5) is 0. The van der Waals surface area contributed by atoms with Crippen molar-refractivity contribution in [3.8, 4) is 77.9 Å². The summed E-state index contributed by atoms with van der Waals surface area (Å²) >= 11 is 0. The molecule has 0 unspecified atom stereocenters. The van der Waals surface area contributed by atoms with E-state index in [2.05, 4.69) is 194 Å². The van der Waals surface area contributed by atoms with Crippen molar-refractivity contribution in [3.63, 3.8) is 0 Å². The Balaban J connectivity index is 1.03. The van der Waals surface area contributed by atoms with Gasteiger partial charge in [0, 0.05) is 5.69 Å². The summed E-state index contributed by atoms with van der Waals surface area (Å²) in [6, 6.07) is 71.2. The average molecular weight is 626 g/mol. The van der Waals surface area contributed by atoms with Gasteiger partial charge < -0.3 is 5.73 Å². The molecular weight excluding hydrogens is 591 g/mol. The highest BCUT2D eigenvalue weighted by molar-refractivity contribution is 5.82. The van der Waals surface area contributed by atoms with Gasteiger partial charge in [0.25, 0.3) is 0 Å². The third kappa shape index (κ3) is 6.56. The van der Waals surface area contributed by atoms with E-state index in [1.54, 1.807) is 0 Å². The zero-order valence-corrected chi connectivity index (χ0v) is 27.1. The van der Waals surface area contributed by atoms with Gasteiger partial charge in [0.2, 0.25) is 0 Å². The monoisotopic (exact) mass is 625 g/mol. The summed E-state index contributed by atoms with van der Waals surface area (Å²) in [6.45, 7) is 0. The predicted octanol–water partition coefficient (Wildman–Crippen LogP) is 12.9. The van der Waals surface area contributed by atoms with Crippen molar-refractivity contribution in [1.29, 1.82) is 0 Å². The fourth-order valence-corrected chi connectivity index (χ4v) is 6.57. The molecule has 8 rings (SSSR count). The van der Waals surface area contributed by atoms with Crippen LogP contribution >= 0.6 is 0 Å². The second-order valence-corrected chi connectivity index (χ2v) is 12.5. The molecular formula is C48H35N.